The van der Waals surface area contributed by atoms with E-state index in [9.17, 15) is 9.18 Å². The van der Waals surface area contributed by atoms with E-state index in [1.807, 2.05) is 6.92 Å². The Bertz CT molecular complexity index is 785. The molecule has 0 saturated carbocycles. The molecule has 1 atom stereocenters. The molecule has 2 heterocycles. The van der Waals surface area contributed by atoms with Crippen molar-refractivity contribution in [2.45, 2.75) is 13.0 Å². The maximum absolute atomic E-state index is 13.7. The van der Waals surface area contributed by atoms with Crippen molar-refractivity contribution in [1.82, 2.24) is 4.98 Å². The van der Waals surface area contributed by atoms with Crippen molar-refractivity contribution in [3.8, 4) is 11.9 Å². The summed E-state index contributed by atoms with van der Waals surface area (Å²) in [4.78, 5) is 18.3. The van der Waals surface area contributed by atoms with E-state index in [1.54, 1.807) is 24.4 Å². The van der Waals surface area contributed by atoms with Gasteiger partial charge in [0, 0.05) is 6.20 Å². The molecule has 1 aromatic heterocycles. The maximum Gasteiger partial charge on any atom is 0.260 e. The quantitative estimate of drug-likeness (QED) is 0.811. The SMILES string of the molecule is C[C@H]1CN(C(=O)c2cccc(F)c2C#N)c2cccnc2O1. The molecule has 1 amide bonds. The van der Waals surface area contributed by atoms with Crippen molar-refractivity contribution in [3.63, 3.8) is 0 Å². The van der Waals surface area contributed by atoms with Gasteiger partial charge in [-0.3, -0.25) is 9.69 Å². The zero-order chi connectivity index (χ0) is 15.7. The van der Waals surface area contributed by atoms with E-state index >= 15 is 0 Å². The fraction of sp³-hybridized carbons (Fsp3) is 0.188. The van der Waals surface area contributed by atoms with Gasteiger partial charge in [0.2, 0.25) is 5.88 Å². The number of aromatic nitrogens is 1. The molecular weight excluding hydrogens is 285 g/mol. The van der Waals surface area contributed by atoms with E-state index in [2.05, 4.69) is 4.98 Å². The molecule has 1 aliphatic rings. The summed E-state index contributed by atoms with van der Waals surface area (Å²) in [5.41, 5.74) is 0.294. The van der Waals surface area contributed by atoms with Crippen LogP contribution in [0.3, 0.4) is 0 Å². The lowest BCUT2D eigenvalue weighted by atomic mass is 10.1. The molecule has 5 nitrogen and oxygen atoms in total. The standard InChI is InChI=1S/C16H12FN3O2/c1-10-9-20(14-6-3-7-19-15(14)22-10)16(21)11-4-2-5-13(17)12(11)8-18/h2-7,10H,9H2,1H3/t10-/m0/s1. The molecular formula is C16H12FN3O2. The molecule has 0 bridgehead atoms. The van der Waals surface area contributed by atoms with Gasteiger partial charge in [0.1, 0.15) is 29.2 Å². The summed E-state index contributed by atoms with van der Waals surface area (Å²) in [5, 5.41) is 9.10. The smallest absolute Gasteiger partial charge is 0.260 e. The third-order valence-corrected chi connectivity index (χ3v) is 3.40. The largest absolute Gasteiger partial charge is 0.471 e. The van der Waals surface area contributed by atoms with Gasteiger partial charge >= 0.3 is 0 Å². The topological polar surface area (TPSA) is 66.2 Å². The predicted molar refractivity (Wildman–Crippen MR) is 77.1 cm³/mol. The molecule has 1 aromatic carbocycles. The zero-order valence-electron chi connectivity index (χ0n) is 11.8. The molecule has 3 rings (SSSR count). The molecule has 0 radical (unpaired) electrons. The highest BCUT2D eigenvalue weighted by atomic mass is 19.1. The highest BCUT2D eigenvalue weighted by molar-refractivity contribution is 6.08. The first kappa shape index (κ1) is 14.0. The van der Waals surface area contributed by atoms with Crippen LogP contribution in [0.2, 0.25) is 0 Å². The molecule has 6 heteroatoms. The van der Waals surface area contributed by atoms with Gasteiger partial charge in [0.15, 0.2) is 0 Å². The van der Waals surface area contributed by atoms with Crippen LogP contribution in [0.1, 0.15) is 22.8 Å². The van der Waals surface area contributed by atoms with Crippen molar-refractivity contribution in [3.05, 3.63) is 53.5 Å². The molecule has 0 unspecified atom stereocenters. The third kappa shape index (κ3) is 2.27. The highest BCUT2D eigenvalue weighted by Crippen LogP contribution is 2.32. The minimum Gasteiger partial charge on any atom is -0.471 e. The first-order valence-electron chi connectivity index (χ1n) is 6.74. The van der Waals surface area contributed by atoms with Crippen LogP contribution >= 0.6 is 0 Å². The number of ether oxygens (including phenoxy) is 1. The molecule has 0 aliphatic carbocycles. The third-order valence-electron chi connectivity index (χ3n) is 3.40. The lowest BCUT2D eigenvalue weighted by molar-refractivity contribution is 0.0958. The molecule has 110 valence electrons. The molecule has 22 heavy (non-hydrogen) atoms. The summed E-state index contributed by atoms with van der Waals surface area (Å²) in [7, 11) is 0. The molecule has 0 spiro atoms. The van der Waals surface area contributed by atoms with Gasteiger partial charge in [-0.15, -0.1) is 0 Å². The number of hydrogen-bond acceptors (Lipinski definition) is 4. The normalized spacial score (nSPS) is 16.4. The van der Waals surface area contributed by atoms with Crippen LogP contribution in [0, 0.1) is 17.1 Å². The van der Waals surface area contributed by atoms with Crippen LogP contribution in [0.15, 0.2) is 36.5 Å². The second kappa shape index (κ2) is 5.45. The summed E-state index contributed by atoms with van der Waals surface area (Å²) < 4.78 is 19.3. The van der Waals surface area contributed by atoms with Crippen LogP contribution in [0.5, 0.6) is 5.88 Å². The van der Waals surface area contributed by atoms with Crippen LogP contribution in [-0.4, -0.2) is 23.5 Å². The Kier molecular flexibility index (Phi) is 3.47. The summed E-state index contributed by atoms with van der Waals surface area (Å²) in [6.45, 7) is 2.12. The van der Waals surface area contributed by atoms with E-state index in [4.69, 9.17) is 10.00 Å². The predicted octanol–water partition coefficient (Wildman–Crippen LogP) is 2.52. The number of pyridine rings is 1. The van der Waals surface area contributed by atoms with E-state index in [0.717, 1.165) is 6.07 Å². The Labute approximate surface area is 126 Å². The number of rotatable bonds is 1. The fourth-order valence-corrected chi connectivity index (χ4v) is 2.42. The van der Waals surface area contributed by atoms with Crippen LogP contribution in [0.4, 0.5) is 10.1 Å². The minimum atomic E-state index is -0.707. The molecule has 0 saturated heterocycles. The fourth-order valence-electron chi connectivity index (χ4n) is 2.42. The van der Waals surface area contributed by atoms with Crippen molar-refractivity contribution >= 4 is 11.6 Å². The summed E-state index contributed by atoms with van der Waals surface area (Å²) in [6.07, 6.45) is 1.33. The number of benzene rings is 1. The lowest BCUT2D eigenvalue weighted by Gasteiger charge is -2.32. The lowest BCUT2D eigenvalue weighted by Crippen LogP contribution is -2.42. The van der Waals surface area contributed by atoms with Crippen LogP contribution in [0.25, 0.3) is 0 Å². The summed E-state index contributed by atoms with van der Waals surface area (Å²) in [5.74, 6) is -0.800. The number of halogens is 1. The van der Waals surface area contributed by atoms with E-state index in [1.165, 1.54) is 17.0 Å². The summed E-state index contributed by atoms with van der Waals surface area (Å²) in [6, 6.07) is 9.16. The number of hydrogen-bond donors (Lipinski definition) is 0. The Morgan fingerprint density at radius 2 is 2.27 bits per heavy atom. The number of carbonyl (C=O) groups is 1. The number of anilines is 1. The maximum atomic E-state index is 13.7. The number of nitrogens with zero attached hydrogens (tertiary/aromatic N) is 3. The average Bonchev–Trinajstić information content (AvgIpc) is 2.53. The van der Waals surface area contributed by atoms with Gasteiger partial charge in [-0.1, -0.05) is 6.07 Å². The molecule has 0 fully saturated rings. The number of amides is 1. The molecule has 1 aliphatic heterocycles. The first-order valence-corrected chi connectivity index (χ1v) is 6.74. The van der Waals surface area contributed by atoms with E-state index in [0.29, 0.717) is 18.1 Å². The van der Waals surface area contributed by atoms with E-state index < -0.39 is 11.7 Å². The number of fused-ring (bicyclic) bond motifs is 1. The van der Waals surface area contributed by atoms with Gasteiger partial charge in [-0.05, 0) is 31.2 Å². The molecule has 0 N–H and O–H groups in total. The number of nitriles is 1. The Morgan fingerprint density at radius 1 is 1.45 bits per heavy atom. The second-order valence-electron chi connectivity index (χ2n) is 4.95. The molecule has 2 aromatic rings. The van der Waals surface area contributed by atoms with Gasteiger partial charge in [-0.2, -0.15) is 5.26 Å². The van der Waals surface area contributed by atoms with E-state index in [-0.39, 0.29) is 17.2 Å². The Morgan fingerprint density at radius 3 is 3.05 bits per heavy atom. The Balaban J connectivity index is 2.07. The summed E-state index contributed by atoms with van der Waals surface area (Å²) >= 11 is 0. The minimum absolute atomic E-state index is 0.0337. The van der Waals surface area contributed by atoms with Crippen molar-refractivity contribution < 1.29 is 13.9 Å². The zero-order valence-corrected chi connectivity index (χ0v) is 11.8. The average molecular weight is 297 g/mol. The monoisotopic (exact) mass is 297 g/mol. The van der Waals surface area contributed by atoms with Gasteiger partial charge in [0.25, 0.3) is 5.91 Å². The van der Waals surface area contributed by atoms with Crippen molar-refractivity contribution in [2.24, 2.45) is 0 Å². The number of carbonyl (C=O) groups excluding carboxylic acids is 1. The first-order chi connectivity index (χ1) is 10.6. The second-order valence-corrected chi connectivity index (χ2v) is 4.95. The Hall–Kier alpha value is -2.94. The van der Waals surface area contributed by atoms with Crippen molar-refractivity contribution in [2.75, 3.05) is 11.4 Å². The van der Waals surface area contributed by atoms with Gasteiger partial charge in [-0.25, -0.2) is 9.37 Å². The van der Waals surface area contributed by atoms with Crippen LogP contribution in [-0.2, 0) is 0 Å². The highest BCUT2D eigenvalue weighted by Gasteiger charge is 2.30. The van der Waals surface area contributed by atoms with Gasteiger partial charge < -0.3 is 4.74 Å². The van der Waals surface area contributed by atoms with Crippen LogP contribution < -0.4 is 9.64 Å². The van der Waals surface area contributed by atoms with Gasteiger partial charge in [0.05, 0.1) is 12.1 Å². The van der Waals surface area contributed by atoms with Crippen molar-refractivity contribution in [1.29, 1.82) is 5.26 Å².